The molecule has 0 fully saturated rings. The second-order valence-corrected chi connectivity index (χ2v) is 15.5. The van der Waals surface area contributed by atoms with Crippen LogP contribution in [0.25, 0.3) is 83.3 Å². The van der Waals surface area contributed by atoms with Crippen LogP contribution in [0.2, 0.25) is 0 Å². The van der Waals surface area contributed by atoms with Crippen molar-refractivity contribution in [2.24, 2.45) is 0 Å². The molecule has 4 nitrogen and oxygen atoms in total. The summed E-state index contributed by atoms with van der Waals surface area (Å²) in [7, 11) is 0. The fourth-order valence-corrected chi connectivity index (χ4v) is 9.86. The Balaban J connectivity index is 1.14. The Kier molecular flexibility index (Phi) is 7.72. The number of benzene rings is 8. The first kappa shape index (κ1) is 34.1. The number of rotatable bonds is 6. The van der Waals surface area contributed by atoms with Gasteiger partial charge in [0.05, 0.1) is 22.1 Å². The zero-order valence-corrected chi connectivity index (χ0v) is 32.6. The molecule has 0 spiro atoms. The van der Waals surface area contributed by atoms with E-state index in [1.54, 1.807) is 0 Å². The van der Waals surface area contributed by atoms with Crippen molar-refractivity contribution in [2.45, 2.75) is 5.41 Å². The monoisotopic (exact) mass is 764 g/mol. The first-order valence-electron chi connectivity index (χ1n) is 20.4. The summed E-state index contributed by atoms with van der Waals surface area (Å²) in [6, 6.07) is 74.0. The largest absolute Gasteiger partial charge is 0.294 e. The first-order chi connectivity index (χ1) is 29.8. The summed E-state index contributed by atoms with van der Waals surface area (Å²) >= 11 is 0. The van der Waals surface area contributed by atoms with Crippen LogP contribution in [0.4, 0.5) is 0 Å². The molecule has 0 N–H and O–H groups in total. The maximum atomic E-state index is 5.33. The van der Waals surface area contributed by atoms with Gasteiger partial charge < -0.3 is 0 Å². The van der Waals surface area contributed by atoms with E-state index in [1.165, 1.54) is 54.9 Å². The van der Waals surface area contributed by atoms with Crippen LogP contribution in [0.5, 0.6) is 0 Å². The van der Waals surface area contributed by atoms with Crippen molar-refractivity contribution < 1.29 is 0 Å². The quantitative estimate of drug-likeness (QED) is 0.169. The molecule has 0 saturated heterocycles. The average Bonchev–Trinajstić information content (AvgIpc) is 3.83. The van der Waals surface area contributed by atoms with Crippen LogP contribution in [0, 0.1) is 0 Å². The van der Waals surface area contributed by atoms with Crippen LogP contribution >= 0.6 is 0 Å². The predicted octanol–water partition coefficient (Wildman–Crippen LogP) is 13.5. The number of pyridine rings is 1. The van der Waals surface area contributed by atoms with Crippen molar-refractivity contribution in [3.63, 3.8) is 0 Å². The zero-order chi connectivity index (χ0) is 39.6. The van der Waals surface area contributed by atoms with Crippen molar-refractivity contribution >= 4 is 32.6 Å². The van der Waals surface area contributed by atoms with E-state index in [0.29, 0.717) is 5.82 Å². The lowest BCUT2D eigenvalue weighted by atomic mass is 9.68. The van der Waals surface area contributed by atoms with Crippen molar-refractivity contribution in [1.29, 1.82) is 0 Å². The number of aromatic nitrogens is 4. The highest BCUT2D eigenvalue weighted by Crippen LogP contribution is 2.58. The van der Waals surface area contributed by atoms with E-state index < -0.39 is 5.41 Å². The average molecular weight is 765 g/mol. The van der Waals surface area contributed by atoms with Gasteiger partial charge in [-0.1, -0.05) is 176 Å². The Morgan fingerprint density at radius 1 is 0.433 bits per heavy atom. The summed E-state index contributed by atoms with van der Waals surface area (Å²) in [5.74, 6) is 1.51. The van der Waals surface area contributed by atoms with Gasteiger partial charge in [-0.2, -0.15) is 0 Å². The minimum atomic E-state index is -0.534. The molecule has 0 bridgehead atoms. The molecule has 3 aromatic heterocycles. The van der Waals surface area contributed by atoms with Crippen molar-refractivity contribution in [3.8, 4) is 50.7 Å². The molecule has 0 aliphatic heterocycles. The summed E-state index contributed by atoms with van der Waals surface area (Å²) in [6.45, 7) is 0. The van der Waals surface area contributed by atoms with Gasteiger partial charge in [-0.3, -0.25) is 9.55 Å². The third-order valence-corrected chi connectivity index (χ3v) is 12.4. The van der Waals surface area contributed by atoms with Crippen LogP contribution in [0.15, 0.2) is 219 Å². The lowest BCUT2D eigenvalue weighted by Crippen LogP contribution is -2.28. The fraction of sp³-hybridized carbons (Fsp3) is 0.0179. The second-order valence-electron chi connectivity index (χ2n) is 15.5. The fourth-order valence-electron chi connectivity index (χ4n) is 9.86. The second kappa shape index (κ2) is 13.6. The molecule has 3 heterocycles. The molecular formula is C56H36N4. The zero-order valence-electron chi connectivity index (χ0n) is 32.6. The standard InChI is InChI=1S/C56H36N4/c1-4-17-38(18-5-1)49-35-52(59-55(58-49)39-19-6-2-7-20-39)60-50-31-30-40(34-46(50)54-43-24-11-10-16-37(43)29-32-51(54)60)44-26-14-28-48-53(44)45-25-12-13-27-47(45)56(48,41-21-8-3-9-22-41)42-23-15-33-57-36-42/h1-36H. The molecule has 12 rings (SSSR count). The van der Waals surface area contributed by atoms with E-state index in [9.17, 15) is 0 Å². The lowest BCUT2D eigenvalue weighted by molar-refractivity contribution is 0.763. The molecule has 11 aromatic rings. The summed E-state index contributed by atoms with van der Waals surface area (Å²) < 4.78 is 2.33. The summed E-state index contributed by atoms with van der Waals surface area (Å²) in [5, 5.41) is 4.78. The van der Waals surface area contributed by atoms with Gasteiger partial charge in [-0.05, 0) is 79.5 Å². The SMILES string of the molecule is c1ccc(-c2cc(-n3c4ccc(-c5cccc6c5-c5ccccc5C6(c5ccccc5)c5cccnc5)cc4c4c5ccccc5ccc43)nc(-c3ccccc3)n2)cc1. The molecule has 1 atom stereocenters. The van der Waals surface area contributed by atoms with Crippen molar-refractivity contribution in [1.82, 2.24) is 19.5 Å². The van der Waals surface area contributed by atoms with Gasteiger partial charge in [-0.15, -0.1) is 0 Å². The Morgan fingerprint density at radius 3 is 1.93 bits per heavy atom. The van der Waals surface area contributed by atoms with Gasteiger partial charge in [0, 0.05) is 40.4 Å². The number of nitrogens with zero attached hydrogens (tertiary/aromatic N) is 4. The van der Waals surface area contributed by atoms with Crippen LogP contribution in [-0.4, -0.2) is 19.5 Å². The molecule has 0 radical (unpaired) electrons. The molecule has 280 valence electrons. The normalized spacial score (nSPS) is 14.4. The lowest BCUT2D eigenvalue weighted by Gasteiger charge is -2.33. The molecule has 1 unspecified atom stereocenters. The number of fused-ring (bicyclic) bond motifs is 8. The van der Waals surface area contributed by atoms with Gasteiger partial charge in [0.25, 0.3) is 0 Å². The predicted molar refractivity (Wildman–Crippen MR) is 245 cm³/mol. The molecule has 1 aliphatic rings. The van der Waals surface area contributed by atoms with Crippen LogP contribution < -0.4 is 0 Å². The van der Waals surface area contributed by atoms with E-state index in [2.05, 4.69) is 192 Å². The molecule has 1 aliphatic carbocycles. The van der Waals surface area contributed by atoms with Gasteiger partial charge in [0.2, 0.25) is 0 Å². The van der Waals surface area contributed by atoms with Gasteiger partial charge in [-0.25, -0.2) is 9.97 Å². The first-order valence-corrected chi connectivity index (χ1v) is 20.4. The highest BCUT2D eigenvalue weighted by Gasteiger charge is 2.47. The Bertz CT molecular complexity index is 3310. The molecule has 8 aromatic carbocycles. The van der Waals surface area contributed by atoms with Crippen LogP contribution in [0.1, 0.15) is 22.3 Å². The minimum absolute atomic E-state index is 0.534. The van der Waals surface area contributed by atoms with Crippen LogP contribution in [0.3, 0.4) is 0 Å². The molecule has 4 heteroatoms. The molecule has 60 heavy (non-hydrogen) atoms. The third-order valence-electron chi connectivity index (χ3n) is 12.4. The van der Waals surface area contributed by atoms with Crippen molar-refractivity contribution in [2.75, 3.05) is 0 Å². The van der Waals surface area contributed by atoms with Gasteiger partial charge in [0.15, 0.2) is 5.82 Å². The highest BCUT2D eigenvalue weighted by molar-refractivity contribution is 6.22. The van der Waals surface area contributed by atoms with E-state index in [0.717, 1.165) is 44.8 Å². The molecular weight excluding hydrogens is 729 g/mol. The summed E-state index contributed by atoms with van der Waals surface area (Å²) in [5.41, 5.74) is 14.3. The summed E-state index contributed by atoms with van der Waals surface area (Å²) in [6.07, 6.45) is 3.90. The van der Waals surface area contributed by atoms with Gasteiger partial charge >= 0.3 is 0 Å². The topological polar surface area (TPSA) is 43.6 Å². The molecule has 0 amide bonds. The Hall–Kier alpha value is -7.95. The van der Waals surface area contributed by atoms with Gasteiger partial charge in [0.1, 0.15) is 5.82 Å². The van der Waals surface area contributed by atoms with E-state index >= 15 is 0 Å². The Labute approximate surface area is 347 Å². The number of hydrogen-bond acceptors (Lipinski definition) is 3. The smallest absolute Gasteiger partial charge is 0.162 e. The third kappa shape index (κ3) is 5.07. The Morgan fingerprint density at radius 2 is 1.12 bits per heavy atom. The van der Waals surface area contributed by atoms with Crippen molar-refractivity contribution in [3.05, 3.63) is 241 Å². The summed E-state index contributed by atoms with van der Waals surface area (Å²) in [4.78, 5) is 15.1. The molecule has 0 saturated carbocycles. The number of hydrogen-bond donors (Lipinski definition) is 0. The van der Waals surface area contributed by atoms with E-state index in [1.807, 2.05) is 36.7 Å². The van der Waals surface area contributed by atoms with E-state index in [4.69, 9.17) is 9.97 Å². The minimum Gasteiger partial charge on any atom is -0.294 e. The van der Waals surface area contributed by atoms with E-state index in [-0.39, 0.29) is 0 Å². The van der Waals surface area contributed by atoms with Crippen LogP contribution in [-0.2, 0) is 5.41 Å². The maximum absolute atomic E-state index is 5.33. The highest BCUT2D eigenvalue weighted by atomic mass is 15.1. The maximum Gasteiger partial charge on any atom is 0.162 e.